The van der Waals surface area contributed by atoms with Crippen molar-refractivity contribution >= 4 is 11.6 Å². The van der Waals surface area contributed by atoms with Gasteiger partial charge in [-0.2, -0.15) is 0 Å². The van der Waals surface area contributed by atoms with Crippen molar-refractivity contribution in [2.45, 2.75) is 5.54 Å². The fourth-order valence-corrected chi connectivity index (χ4v) is 2.15. The number of fused-ring (bicyclic) bond motifs is 1. The van der Waals surface area contributed by atoms with Gasteiger partial charge < -0.3 is 15.3 Å². The maximum atomic E-state index is 12.3. The standard InChI is InChI=1S/C13H15NO4/c1-9-10-4-2-3-5-11(10)12(18)14(9)13(6-15,7-16)8-17/h2-5,15-17H,1,6-8H2. The van der Waals surface area contributed by atoms with Gasteiger partial charge in [0.05, 0.1) is 19.8 Å². The summed E-state index contributed by atoms with van der Waals surface area (Å²) in [7, 11) is 0. The first kappa shape index (κ1) is 12.8. The predicted octanol–water partition coefficient (Wildman–Crippen LogP) is -0.171. The summed E-state index contributed by atoms with van der Waals surface area (Å²) in [6, 6.07) is 6.90. The zero-order chi connectivity index (χ0) is 13.3. The third-order valence-corrected chi connectivity index (χ3v) is 3.30. The van der Waals surface area contributed by atoms with Crippen LogP contribution in [0.3, 0.4) is 0 Å². The molecule has 1 heterocycles. The number of carbonyl (C=O) groups is 1. The number of amides is 1. The van der Waals surface area contributed by atoms with Crippen molar-refractivity contribution in [1.82, 2.24) is 4.90 Å². The SMILES string of the molecule is C=C1c2ccccc2C(=O)N1C(CO)(CO)CO. The van der Waals surface area contributed by atoms with Gasteiger partial charge in [-0.1, -0.05) is 24.8 Å². The van der Waals surface area contributed by atoms with Crippen LogP contribution < -0.4 is 0 Å². The number of hydrogen-bond acceptors (Lipinski definition) is 4. The summed E-state index contributed by atoms with van der Waals surface area (Å²) in [5.41, 5.74) is 0.0740. The lowest BCUT2D eigenvalue weighted by Gasteiger charge is -2.37. The van der Waals surface area contributed by atoms with Crippen LogP contribution in [0.15, 0.2) is 30.8 Å². The van der Waals surface area contributed by atoms with Gasteiger partial charge in [0.15, 0.2) is 0 Å². The molecule has 0 fully saturated rings. The first-order valence-corrected chi connectivity index (χ1v) is 5.57. The van der Waals surface area contributed by atoms with E-state index in [1.165, 1.54) is 4.90 Å². The Morgan fingerprint density at radius 2 is 1.56 bits per heavy atom. The Morgan fingerprint density at radius 3 is 2.00 bits per heavy atom. The van der Waals surface area contributed by atoms with E-state index in [4.69, 9.17) is 0 Å². The highest BCUT2D eigenvalue weighted by molar-refractivity contribution is 6.09. The Hall–Kier alpha value is -1.69. The number of hydrogen-bond donors (Lipinski definition) is 3. The van der Waals surface area contributed by atoms with Crippen molar-refractivity contribution in [1.29, 1.82) is 0 Å². The van der Waals surface area contributed by atoms with E-state index in [1.807, 2.05) is 0 Å². The van der Waals surface area contributed by atoms with Gasteiger partial charge >= 0.3 is 0 Å². The monoisotopic (exact) mass is 249 g/mol. The van der Waals surface area contributed by atoms with Gasteiger partial charge in [0.25, 0.3) is 5.91 Å². The van der Waals surface area contributed by atoms with Crippen LogP contribution in [0.5, 0.6) is 0 Å². The Bertz CT molecular complexity index is 450. The molecule has 1 aliphatic rings. The fourth-order valence-electron chi connectivity index (χ4n) is 2.15. The molecule has 0 bridgehead atoms. The highest BCUT2D eigenvalue weighted by atomic mass is 16.3. The summed E-state index contributed by atoms with van der Waals surface area (Å²) < 4.78 is 0. The van der Waals surface area contributed by atoms with E-state index in [1.54, 1.807) is 24.3 Å². The smallest absolute Gasteiger partial charge is 0.259 e. The van der Waals surface area contributed by atoms with E-state index in [0.717, 1.165) is 0 Å². The van der Waals surface area contributed by atoms with Crippen molar-refractivity contribution in [2.24, 2.45) is 0 Å². The molecule has 0 radical (unpaired) electrons. The van der Waals surface area contributed by atoms with Crippen LogP contribution >= 0.6 is 0 Å². The molecule has 0 aliphatic carbocycles. The van der Waals surface area contributed by atoms with Crippen molar-refractivity contribution in [3.63, 3.8) is 0 Å². The van der Waals surface area contributed by atoms with Gasteiger partial charge in [0.2, 0.25) is 0 Å². The normalized spacial score (nSPS) is 15.2. The predicted molar refractivity (Wildman–Crippen MR) is 65.6 cm³/mol. The van der Waals surface area contributed by atoms with Crippen molar-refractivity contribution < 1.29 is 20.1 Å². The minimum atomic E-state index is -1.42. The number of aliphatic hydroxyl groups is 3. The van der Waals surface area contributed by atoms with Crippen LogP contribution in [-0.4, -0.2) is 51.5 Å². The molecular weight excluding hydrogens is 234 g/mol. The maximum Gasteiger partial charge on any atom is 0.259 e. The molecule has 0 unspecified atom stereocenters. The van der Waals surface area contributed by atoms with E-state index in [9.17, 15) is 20.1 Å². The lowest BCUT2D eigenvalue weighted by atomic mass is 10.0. The number of aliphatic hydroxyl groups excluding tert-OH is 3. The van der Waals surface area contributed by atoms with E-state index >= 15 is 0 Å². The Kier molecular flexibility index (Phi) is 3.21. The summed E-state index contributed by atoms with van der Waals surface area (Å²) in [5.74, 6) is -0.368. The maximum absolute atomic E-state index is 12.3. The first-order chi connectivity index (χ1) is 8.61. The van der Waals surface area contributed by atoms with Gasteiger partial charge in [0, 0.05) is 16.8 Å². The summed E-state index contributed by atoms with van der Waals surface area (Å²) in [6.45, 7) is 2.18. The first-order valence-electron chi connectivity index (χ1n) is 5.57. The number of benzene rings is 1. The molecule has 18 heavy (non-hydrogen) atoms. The minimum absolute atomic E-state index is 0.368. The number of nitrogens with zero attached hydrogens (tertiary/aromatic N) is 1. The van der Waals surface area contributed by atoms with Crippen LogP contribution in [0.1, 0.15) is 15.9 Å². The molecule has 0 atom stereocenters. The van der Waals surface area contributed by atoms with Crippen LogP contribution in [0, 0.1) is 0 Å². The summed E-state index contributed by atoms with van der Waals surface area (Å²) in [5, 5.41) is 28.2. The van der Waals surface area contributed by atoms with Crippen LogP contribution in [-0.2, 0) is 0 Å². The van der Waals surface area contributed by atoms with Gasteiger partial charge in [-0.15, -0.1) is 0 Å². The highest BCUT2D eigenvalue weighted by Crippen LogP contribution is 2.36. The molecule has 0 saturated carbocycles. The van der Waals surface area contributed by atoms with Crippen LogP contribution in [0.4, 0.5) is 0 Å². The lowest BCUT2D eigenvalue weighted by molar-refractivity contribution is -0.00987. The van der Waals surface area contributed by atoms with Crippen molar-refractivity contribution in [2.75, 3.05) is 19.8 Å². The van der Waals surface area contributed by atoms with Gasteiger partial charge in [0.1, 0.15) is 5.54 Å². The third kappa shape index (κ3) is 1.56. The van der Waals surface area contributed by atoms with E-state index < -0.39 is 25.4 Å². The van der Waals surface area contributed by atoms with E-state index in [2.05, 4.69) is 6.58 Å². The Balaban J connectivity index is 2.51. The molecule has 0 spiro atoms. The Morgan fingerprint density at radius 1 is 1.06 bits per heavy atom. The second-order valence-electron chi connectivity index (χ2n) is 4.33. The quantitative estimate of drug-likeness (QED) is 0.692. The number of carbonyl (C=O) groups excluding carboxylic acids is 1. The molecular formula is C13H15NO4. The molecule has 0 aromatic heterocycles. The largest absolute Gasteiger partial charge is 0.394 e. The van der Waals surface area contributed by atoms with Gasteiger partial charge in [-0.25, -0.2) is 0 Å². The molecule has 5 heteroatoms. The molecule has 96 valence electrons. The second-order valence-corrected chi connectivity index (χ2v) is 4.33. The second kappa shape index (κ2) is 4.53. The number of rotatable bonds is 4. The summed E-state index contributed by atoms with van der Waals surface area (Å²) in [6.07, 6.45) is 0. The Labute approximate surface area is 105 Å². The van der Waals surface area contributed by atoms with Gasteiger partial charge in [-0.3, -0.25) is 9.69 Å². The molecule has 3 N–H and O–H groups in total. The van der Waals surface area contributed by atoms with Crippen LogP contribution in [0.25, 0.3) is 5.70 Å². The molecule has 0 saturated heterocycles. The minimum Gasteiger partial charge on any atom is -0.394 e. The van der Waals surface area contributed by atoms with E-state index in [-0.39, 0.29) is 5.91 Å². The van der Waals surface area contributed by atoms with Gasteiger partial charge in [-0.05, 0) is 6.07 Å². The molecule has 1 aromatic carbocycles. The summed E-state index contributed by atoms with van der Waals surface area (Å²) in [4.78, 5) is 13.4. The average molecular weight is 249 g/mol. The average Bonchev–Trinajstić information content (AvgIpc) is 2.67. The fraction of sp³-hybridized carbons (Fsp3) is 0.308. The van der Waals surface area contributed by atoms with Crippen molar-refractivity contribution in [3.05, 3.63) is 42.0 Å². The molecule has 1 aromatic rings. The highest BCUT2D eigenvalue weighted by Gasteiger charge is 2.45. The van der Waals surface area contributed by atoms with Crippen LogP contribution in [0.2, 0.25) is 0 Å². The molecule has 1 aliphatic heterocycles. The van der Waals surface area contributed by atoms with E-state index in [0.29, 0.717) is 16.8 Å². The molecule has 1 amide bonds. The lowest BCUT2D eigenvalue weighted by Crippen LogP contribution is -2.56. The molecule has 2 rings (SSSR count). The third-order valence-electron chi connectivity index (χ3n) is 3.30. The molecule has 5 nitrogen and oxygen atoms in total. The van der Waals surface area contributed by atoms with Crippen molar-refractivity contribution in [3.8, 4) is 0 Å². The summed E-state index contributed by atoms with van der Waals surface area (Å²) >= 11 is 0. The zero-order valence-electron chi connectivity index (χ0n) is 9.83. The topological polar surface area (TPSA) is 81.0 Å². The zero-order valence-corrected chi connectivity index (χ0v) is 9.83.